The summed E-state index contributed by atoms with van der Waals surface area (Å²) in [6, 6.07) is 13.6. The quantitative estimate of drug-likeness (QED) is 0.513. The van der Waals surface area contributed by atoms with Crippen LogP contribution >= 0.6 is 23.6 Å². The van der Waals surface area contributed by atoms with Gasteiger partial charge in [-0.05, 0) is 55.4 Å². The fraction of sp³-hybridized carbons (Fsp3) is 0.391. The zero-order chi connectivity index (χ0) is 22.5. The van der Waals surface area contributed by atoms with E-state index in [4.69, 9.17) is 12.2 Å². The molecule has 1 fully saturated rings. The first kappa shape index (κ1) is 22.4. The number of carbonyl (C=O) groups excluding carboxylic acids is 2. The van der Waals surface area contributed by atoms with Gasteiger partial charge in [0.05, 0.1) is 4.88 Å². The maximum atomic E-state index is 13.2. The van der Waals surface area contributed by atoms with Gasteiger partial charge in [-0.15, -0.1) is 11.3 Å². The summed E-state index contributed by atoms with van der Waals surface area (Å²) >= 11 is 6.96. The second kappa shape index (κ2) is 10.2. The molecule has 1 aromatic carbocycles. The summed E-state index contributed by atoms with van der Waals surface area (Å²) in [5, 5.41) is 12.3. The fourth-order valence-corrected chi connectivity index (χ4v) is 5.07. The monoisotopic (exact) mass is 469 g/mol. The molecule has 0 spiro atoms. The van der Waals surface area contributed by atoms with Crippen LogP contribution in [0.2, 0.25) is 0 Å². The van der Waals surface area contributed by atoms with E-state index < -0.39 is 6.04 Å². The number of nitrogens with zero attached hydrogens (tertiary/aromatic N) is 3. The average Bonchev–Trinajstić information content (AvgIpc) is 3.48. The third-order valence-electron chi connectivity index (χ3n) is 5.85. The number of carbonyl (C=O) groups is 2. The van der Waals surface area contributed by atoms with Crippen LogP contribution in [0.25, 0.3) is 10.7 Å². The number of likely N-dealkylation sites (tertiary alicyclic amines) is 1. The maximum absolute atomic E-state index is 13.2. The molecule has 0 saturated carbocycles. The van der Waals surface area contributed by atoms with Gasteiger partial charge in [-0.1, -0.05) is 36.4 Å². The van der Waals surface area contributed by atoms with Crippen LogP contribution in [-0.2, 0) is 16.0 Å². The number of hydrogen-bond acceptors (Lipinski definition) is 5. The lowest BCUT2D eigenvalue weighted by Crippen LogP contribution is -2.48. The molecule has 9 heteroatoms. The van der Waals surface area contributed by atoms with Gasteiger partial charge in [-0.2, -0.15) is 5.10 Å². The highest BCUT2D eigenvalue weighted by Gasteiger charge is 2.29. The molecule has 3 aromatic rings. The number of nitrogens with one attached hydrogen (secondary N) is 2. The number of aromatic amines is 1. The maximum Gasteiger partial charge on any atom is 0.245 e. The minimum atomic E-state index is -0.449. The molecule has 2 N–H and O–H groups in total. The lowest BCUT2D eigenvalue weighted by Gasteiger charge is -2.34. The number of rotatable bonds is 7. The summed E-state index contributed by atoms with van der Waals surface area (Å²) in [4.78, 5) is 28.4. The van der Waals surface area contributed by atoms with Gasteiger partial charge in [0, 0.05) is 25.6 Å². The molecule has 1 unspecified atom stereocenters. The van der Waals surface area contributed by atoms with Crippen LogP contribution in [0, 0.1) is 4.77 Å². The molecule has 4 rings (SSSR count). The summed E-state index contributed by atoms with van der Waals surface area (Å²) < 4.78 is 2.23. The van der Waals surface area contributed by atoms with Gasteiger partial charge in [0.25, 0.3) is 0 Å². The number of aromatic nitrogens is 3. The molecule has 0 bridgehead atoms. The van der Waals surface area contributed by atoms with Crippen molar-refractivity contribution in [2.45, 2.75) is 44.7 Å². The second-order valence-corrected chi connectivity index (χ2v) is 9.36. The number of piperidine rings is 1. The highest BCUT2D eigenvalue weighted by molar-refractivity contribution is 7.71. The molecule has 2 aromatic heterocycles. The standard InChI is InChI=1S/C23H27N5O2S2/c1-16(28-21(25-26-23(28)31)19-8-5-15-32-19)22(30)27-13-11-18(12-14-27)24-20(29)10-9-17-6-3-2-4-7-17/h2-8,15-16,18H,9-14H2,1H3,(H,24,29)(H,26,31). The Morgan fingerprint density at radius 1 is 1.22 bits per heavy atom. The molecule has 168 valence electrons. The van der Waals surface area contributed by atoms with Crippen LogP contribution < -0.4 is 5.32 Å². The van der Waals surface area contributed by atoms with Crippen LogP contribution in [0.4, 0.5) is 0 Å². The highest BCUT2D eigenvalue weighted by atomic mass is 32.1. The van der Waals surface area contributed by atoms with E-state index in [1.54, 1.807) is 15.9 Å². The van der Waals surface area contributed by atoms with Crippen molar-refractivity contribution in [2.75, 3.05) is 13.1 Å². The topological polar surface area (TPSA) is 83.0 Å². The van der Waals surface area contributed by atoms with Crippen LogP contribution in [0.3, 0.4) is 0 Å². The van der Waals surface area contributed by atoms with Gasteiger partial charge in [0.2, 0.25) is 11.8 Å². The molecule has 1 saturated heterocycles. The molecule has 1 aliphatic rings. The van der Waals surface area contributed by atoms with Gasteiger partial charge < -0.3 is 10.2 Å². The Balaban J connectivity index is 1.30. The smallest absolute Gasteiger partial charge is 0.245 e. The SMILES string of the molecule is CC(C(=O)N1CCC(NC(=O)CCc2ccccc2)CC1)n1c(-c2cccs2)n[nH]c1=S. The Kier molecular flexibility index (Phi) is 7.16. The predicted molar refractivity (Wildman–Crippen MR) is 128 cm³/mol. The van der Waals surface area contributed by atoms with Crippen molar-refractivity contribution in [3.63, 3.8) is 0 Å². The third-order valence-corrected chi connectivity index (χ3v) is 7.00. The molecule has 32 heavy (non-hydrogen) atoms. The van der Waals surface area contributed by atoms with Gasteiger partial charge in [-0.3, -0.25) is 19.3 Å². The van der Waals surface area contributed by atoms with E-state index in [0.29, 0.717) is 30.1 Å². The predicted octanol–water partition coefficient (Wildman–Crippen LogP) is 3.97. The van der Waals surface area contributed by atoms with E-state index in [9.17, 15) is 9.59 Å². The van der Waals surface area contributed by atoms with Crippen LogP contribution in [0.5, 0.6) is 0 Å². The molecular weight excluding hydrogens is 442 g/mol. The molecular formula is C23H27N5O2S2. The van der Waals surface area contributed by atoms with E-state index in [1.165, 1.54) is 0 Å². The van der Waals surface area contributed by atoms with Crippen molar-refractivity contribution < 1.29 is 9.59 Å². The lowest BCUT2D eigenvalue weighted by atomic mass is 10.0. The van der Waals surface area contributed by atoms with Gasteiger partial charge in [0.1, 0.15) is 6.04 Å². The Hall–Kier alpha value is -2.78. The van der Waals surface area contributed by atoms with Crippen LogP contribution in [-0.4, -0.2) is 50.6 Å². The molecule has 3 heterocycles. The number of amides is 2. The third kappa shape index (κ3) is 5.16. The Morgan fingerprint density at radius 3 is 2.66 bits per heavy atom. The second-order valence-electron chi connectivity index (χ2n) is 8.03. The van der Waals surface area contributed by atoms with Crippen molar-refractivity contribution in [3.05, 3.63) is 58.2 Å². The average molecular weight is 470 g/mol. The highest BCUT2D eigenvalue weighted by Crippen LogP contribution is 2.27. The van der Waals surface area contributed by atoms with Gasteiger partial charge >= 0.3 is 0 Å². The minimum Gasteiger partial charge on any atom is -0.353 e. The van der Waals surface area contributed by atoms with Gasteiger partial charge in [-0.25, -0.2) is 0 Å². The van der Waals surface area contributed by atoms with Crippen molar-refractivity contribution >= 4 is 35.4 Å². The largest absolute Gasteiger partial charge is 0.353 e. The van der Waals surface area contributed by atoms with Gasteiger partial charge in [0.15, 0.2) is 10.6 Å². The number of aryl methyl sites for hydroxylation is 1. The van der Waals surface area contributed by atoms with Crippen molar-refractivity contribution in [3.8, 4) is 10.7 Å². The van der Waals surface area contributed by atoms with E-state index in [1.807, 2.05) is 59.7 Å². The van der Waals surface area contributed by atoms with Crippen molar-refractivity contribution in [2.24, 2.45) is 0 Å². The first-order valence-corrected chi connectivity index (χ1v) is 12.1. The summed E-state index contributed by atoms with van der Waals surface area (Å²) in [5.41, 5.74) is 1.16. The Labute approximate surface area is 196 Å². The van der Waals surface area contributed by atoms with E-state index in [0.717, 1.165) is 29.7 Å². The summed E-state index contributed by atoms with van der Waals surface area (Å²) in [5.74, 6) is 0.776. The number of hydrogen-bond donors (Lipinski definition) is 2. The zero-order valence-electron chi connectivity index (χ0n) is 18.0. The normalized spacial score (nSPS) is 15.5. The number of H-pyrrole nitrogens is 1. The molecule has 2 amide bonds. The van der Waals surface area contributed by atoms with E-state index >= 15 is 0 Å². The van der Waals surface area contributed by atoms with Crippen LogP contribution in [0.15, 0.2) is 47.8 Å². The Bertz CT molecular complexity index is 1100. The molecule has 1 atom stereocenters. The van der Waals surface area contributed by atoms with Crippen molar-refractivity contribution in [1.82, 2.24) is 25.0 Å². The van der Waals surface area contributed by atoms with E-state index in [2.05, 4.69) is 15.5 Å². The molecule has 0 aliphatic carbocycles. The summed E-state index contributed by atoms with van der Waals surface area (Å²) in [6.07, 6.45) is 2.72. The molecule has 0 radical (unpaired) electrons. The lowest BCUT2D eigenvalue weighted by molar-refractivity contribution is -0.135. The summed E-state index contributed by atoms with van der Waals surface area (Å²) in [6.45, 7) is 3.10. The van der Waals surface area contributed by atoms with E-state index in [-0.39, 0.29) is 17.9 Å². The number of thiophene rings is 1. The molecule has 1 aliphatic heterocycles. The first-order valence-electron chi connectivity index (χ1n) is 10.9. The zero-order valence-corrected chi connectivity index (χ0v) is 19.6. The minimum absolute atomic E-state index is 0.0224. The molecule has 7 nitrogen and oxygen atoms in total. The number of benzene rings is 1. The first-order chi connectivity index (χ1) is 15.5. The Morgan fingerprint density at radius 2 is 1.97 bits per heavy atom. The summed E-state index contributed by atoms with van der Waals surface area (Å²) in [7, 11) is 0. The van der Waals surface area contributed by atoms with Crippen molar-refractivity contribution in [1.29, 1.82) is 0 Å². The fourth-order valence-electron chi connectivity index (χ4n) is 4.06. The van der Waals surface area contributed by atoms with Crippen LogP contribution in [0.1, 0.15) is 37.8 Å².